The summed E-state index contributed by atoms with van der Waals surface area (Å²) < 4.78 is 5.58. The average molecular weight is 402 g/mol. The predicted molar refractivity (Wildman–Crippen MR) is 111 cm³/mol. The topological polar surface area (TPSA) is 87.6 Å². The number of amides is 1. The maximum absolute atomic E-state index is 12.0. The van der Waals surface area contributed by atoms with Gasteiger partial charge in [-0.3, -0.25) is 9.79 Å². The standard InChI is InChI=1S/C20H24ClN5O2/c1-2-22-20(23-9-10-28-19-8-7-15(21)13-24-19)25-12-14-11-18(27)26-17-6-4-3-5-16(14)17/h3-8,13-14H,2,9-12H2,1H3,(H,26,27)(H2,22,23,25). The lowest BCUT2D eigenvalue weighted by Gasteiger charge is -2.24. The smallest absolute Gasteiger partial charge is 0.225 e. The third-order valence-corrected chi connectivity index (χ3v) is 4.49. The molecule has 1 aromatic heterocycles. The van der Waals surface area contributed by atoms with Gasteiger partial charge in [0.2, 0.25) is 11.8 Å². The number of hydrogen-bond acceptors (Lipinski definition) is 4. The van der Waals surface area contributed by atoms with E-state index in [-0.39, 0.29) is 11.8 Å². The van der Waals surface area contributed by atoms with E-state index in [9.17, 15) is 4.79 Å². The Morgan fingerprint density at radius 2 is 2.18 bits per heavy atom. The van der Waals surface area contributed by atoms with E-state index in [0.717, 1.165) is 17.8 Å². The summed E-state index contributed by atoms with van der Waals surface area (Å²) in [6.07, 6.45) is 1.99. The third-order valence-electron chi connectivity index (χ3n) is 4.27. The van der Waals surface area contributed by atoms with E-state index in [0.29, 0.717) is 43.0 Å². The number of carbonyl (C=O) groups is 1. The van der Waals surface area contributed by atoms with Crippen molar-refractivity contribution in [3.05, 3.63) is 53.2 Å². The first-order chi connectivity index (χ1) is 13.7. The van der Waals surface area contributed by atoms with Gasteiger partial charge in [-0.25, -0.2) is 4.98 Å². The Hall–Kier alpha value is -2.80. The summed E-state index contributed by atoms with van der Waals surface area (Å²) in [7, 11) is 0. The molecule has 3 rings (SSSR count). The van der Waals surface area contributed by atoms with Gasteiger partial charge in [-0.15, -0.1) is 0 Å². The van der Waals surface area contributed by atoms with Crippen molar-refractivity contribution in [3.8, 4) is 5.88 Å². The molecule has 2 heterocycles. The third kappa shape index (κ3) is 5.60. The number of rotatable bonds is 7. The molecule has 7 nitrogen and oxygen atoms in total. The highest BCUT2D eigenvalue weighted by atomic mass is 35.5. The number of fused-ring (bicyclic) bond motifs is 1. The van der Waals surface area contributed by atoms with Crippen molar-refractivity contribution in [3.63, 3.8) is 0 Å². The maximum atomic E-state index is 12.0. The lowest BCUT2D eigenvalue weighted by Crippen LogP contribution is -2.39. The Balaban J connectivity index is 1.54. The minimum atomic E-state index is 0.0284. The minimum absolute atomic E-state index is 0.0284. The van der Waals surface area contributed by atoms with Crippen molar-refractivity contribution in [1.82, 2.24) is 15.6 Å². The molecule has 0 aliphatic carbocycles. The molecule has 0 spiro atoms. The molecule has 28 heavy (non-hydrogen) atoms. The van der Waals surface area contributed by atoms with Gasteiger partial charge in [-0.2, -0.15) is 0 Å². The van der Waals surface area contributed by atoms with Crippen molar-refractivity contribution >= 4 is 29.2 Å². The van der Waals surface area contributed by atoms with Crippen molar-refractivity contribution < 1.29 is 9.53 Å². The number of anilines is 1. The molecule has 1 aliphatic heterocycles. The summed E-state index contributed by atoms with van der Waals surface area (Å²) in [6, 6.07) is 11.3. The Labute approximate surface area is 169 Å². The highest BCUT2D eigenvalue weighted by Gasteiger charge is 2.24. The highest BCUT2D eigenvalue weighted by Crippen LogP contribution is 2.31. The predicted octanol–water partition coefficient (Wildman–Crippen LogP) is 2.79. The summed E-state index contributed by atoms with van der Waals surface area (Å²) in [4.78, 5) is 20.7. The Morgan fingerprint density at radius 1 is 1.32 bits per heavy atom. The molecule has 1 unspecified atom stereocenters. The number of guanidine groups is 1. The quantitative estimate of drug-likeness (QED) is 0.377. The van der Waals surface area contributed by atoms with Gasteiger partial charge in [-0.05, 0) is 24.6 Å². The summed E-state index contributed by atoms with van der Waals surface area (Å²) in [5.41, 5.74) is 2.00. The van der Waals surface area contributed by atoms with Gasteiger partial charge in [0.05, 0.1) is 18.1 Å². The largest absolute Gasteiger partial charge is 0.476 e. The summed E-state index contributed by atoms with van der Waals surface area (Å²) in [5.74, 6) is 1.31. The van der Waals surface area contributed by atoms with Crippen molar-refractivity contribution in [1.29, 1.82) is 0 Å². The van der Waals surface area contributed by atoms with Crippen molar-refractivity contribution in [2.45, 2.75) is 19.3 Å². The number of para-hydroxylation sites is 1. The fraction of sp³-hybridized carbons (Fsp3) is 0.350. The minimum Gasteiger partial charge on any atom is -0.476 e. The summed E-state index contributed by atoms with van der Waals surface area (Å²) >= 11 is 5.81. The fourth-order valence-electron chi connectivity index (χ4n) is 2.98. The molecule has 0 saturated heterocycles. The van der Waals surface area contributed by atoms with E-state index >= 15 is 0 Å². The number of benzene rings is 1. The lowest BCUT2D eigenvalue weighted by atomic mass is 9.91. The molecule has 1 amide bonds. The maximum Gasteiger partial charge on any atom is 0.225 e. The number of nitrogens with one attached hydrogen (secondary N) is 3. The van der Waals surface area contributed by atoms with Gasteiger partial charge in [0.25, 0.3) is 0 Å². The van der Waals surface area contributed by atoms with Crippen LogP contribution in [0.15, 0.2) is 47.6 Å². The lowest BCUT2D eigenvalue weighted by molar-refractivity contribution is -0.116. The van der Waals surface area contributed by atoms with Crippen LogP contribution in [-0.4, -0.2) is 43.1 Å². The van der Waals surface area contributed by atoms with E-state index < -0.39 is 0 Å². The SMILES string of the molecule is CCNC(=NCC1CC(=O)Nc2ccccc21)NCCOc1ccc(Cl)cn1. The molecule has 3 N–H and O–H groups in total. The van der Waals surface area contributed by atoms with Gasteiger partial charge in [0, 0.05) is 36.8 Å². The van der Waals surface area contributed by atoms with Gasteiger partial charge in [0.15, 0.2) is 5.96 Å². The van der Waals surface area contributed by atoms with Crippen LogP contribution in [0.4, 0.5) is 5.69 Å². The number of pyridine rings is 1. The first-order valence-electron chi connectivity index (χ1n) is 9.31. The van der Waals surface area contributed by atoms with Crippen LogP contribution < -0.4 is 20.7 Å². The number of carbonyl (C=O) groups excluding carboxylic acids is 1. The van der Waals surface area contributed by atoms with Crippen molar-refractivity contribution in [2.75, 3.05) is 31.6 Å². The first-order valence-corrected chi connectivity index (χ1v) is 9.69. The number of aromatic nitrogens is 1. The van der Waals surface area contributed by atoms with E-state index in [4.69, 9.17) is 16.3 Å². The second-order valence-corrected chi connectivity index (χ2v) is 6.78. The highest BCUT2D eigenvalue weighted by molar-refractivity contribution is 6.30. The van der Waals surface area contributed by atoms with Crippen LogP contribution in [0.25, 0.3) is 0 Å². The van der Waals surface area contributed by atoms with E-state index in [1.165, 1.54) is 0 Å². The second kappa shape index (κ2) is 9.94. The van der Waals surface area contributed by atoms with Crippen molar-refractivity contribution in [2.24, 2.45) is 4.99 Å². The fourth-order valence-corrected chi connectivity index (χ4v) is 3.09. The molecule has 0 radical (unpaired) electrons. The average Bonchev–Trinajstić information content (AvgIpc) is 2.70. The molecular formula is C20H24ClN5O2. The van der Waals surface area contributed by atoms with Crippen LogP contribution in [-0.2, 0) is 4.79 Å². The van der Waals surface area contributed by atoms with E-state index in [2.05, 4.69) is 25.9 Å². The van der Waals surface area contributed by atoms with Crippen LogP contribution >= 0.6 is 11.6 Å². The van der Waals surface area contributed by atoms with Gasteiger partial charge in [0.1, 0.15) is 6.61 Å². The number of ether oxygens (including phenoxy) is 1. The first kappa shape index (κ1) is 19.9. The number of hydrogen-bond donors (Lipinski definition) is 3. The van der Waals surface area contributed by atoms with Crippen LogP contribution in [0.2, 0.25) is 5.02 Å². The molecule has 148 valence electrons. The van der Waals surface area contributed by atoms with E-state index in [1.54, 1.807) is 18.3 Å². The molecule has 1 atom stereocenters. The van der Waals surface area contributed by atoms with Gasteiger partial charge < -0.3 is 20.7 Å². The van der Waals surface area contributed by atoms with Crippen LogP contribution in [0.3, 0.4) is 0 Å². The molecule has 0 bridgehead atoms. The zero-order chi connectivity index (χ0) is 19.8. The van der Waals surface area contributed by atoms with Gasteiger partial charge >= 0.3 is 0 Å². The molecule has 0 saturated carbocycles. The van der Waals surface area contributed by atoms with Gasteiger partial charge in [-0.1, -0.05) is 29.8 Å². The van der Waals surface area contributed by atoms with Crippen LogP contribution in [0.5, 0.6) is 5.88 Å². The Morgan fingerprint density at radius 3 is 2.96 bits per heavy atom. The van der Waals surface area contributed by atoms with Crippen LogP contribution in [0, 0.1) is 0 Å². The zero-order valence-electron chi connectivity index (χ0n) is 15.7. The normalized spacial score (nSPS) is 16.1. The number of nitrogens with zero attached hydrogens (tertiary/aromatic N) is 2. The number of halogens is 1. The Bertz CT molecular complexity index is 826. The molecule has 1 aliphatic rings. The summed E-state index contributed by atoms with van der Waals surface area (Å²) in [6.45, 7) is 4.28. The molecule has 1 aromatic carbocycles. The molecule has 0 fully saturated rings. The molecular weight excluding hydrogens is 378 g/mol. The van der Waals surface area contributed by atoms with E-state index in [1.807, 2.05) is 31.2 Å². The number of aliphatic imine (C=N–C) groups is 1. The monoisotopic (exact) mass is 401 g/mol. The molecule has 2 aromatic rings. The zero-order valence-corrected chi connectivity index (χ0v) is 16.5. The Kier molecular flexibility index (Phi) is 7.08. The summed E-state index contributed by atoms with van der Waals surface area (Å²) in [5, 5.41) is 9.94. The second-order valence-electron chi connectivity index (χ2n) is 6.35. The molecule has 8 heteroatoms. The van der Waals surface area contributed by atoms with Crippen LogP contribution in [0.1, 0.15) is 24.8 Å².